The van der Waals surface area contributed by atoms with E-state index in [1.165, 1.54) is 31.5 Å². The standard InChI is InChI=1S/C12H12F3N3O3/c1-2-21-10(19)18-11(20,12(13,14)15)6-9(17-18)8-4-3-5-16-7-8/h3-5,7,20H,2,6H2,1H3. The third-order valence-electron chi connectivity index (χ3n) is 2.87. The van der Waals surface area contributed by atoms with Crippen molar-refractivity contribution in [2.24, 2.45) is 5.10 Å². The van der Waals surface area contributed by atoms with Crippen molar-refractivity contribution in [2.75, 3.05) is 6.61 Å². The number of carbonyl (C=O) groups excluding carboxylic acids is 1. The summed E-state index contributed by atoms with van der Waals surface area (Å²) in [6.45, 7) is 1.30. The molecule has 2 heterocycles. The molecule has 1 unspecified atom stereocenters. The molecule has 1 aliphatic heterocycles. The van der Waals surface area contributed by atoms with Crippen LogP contribution in [0.5, 0.6) is 0 Å². The topological polar surface area (TPSA) is 75.0 Å². The van der Waals surface area contributed by atoms with Crippen LogP contribution in [0.2, 0.25) is 0 Å². The van der Waals surface area contributed by atoms with Gasteiger partial charge in [-0.3, -0.25) is 4.98 Å². The van der Waals surface area contributed by atoms with E-state index in [0.29, 0.717) is 0 Å². The Morgan fingerprint density at radius 1 is 1.57 bits per heavy atom. The van der Waals surface area contributed by atoms with Gasteiger partial charge in [0, 0.05) is 18.0 Å². The van der Waals surface area contributed by atoms with E-state index in [-0.39, 0.29) is 22.9 Å². The summed E-state index contributed by atoms with van der Waals surface area (Å²) in [7, 11) is 0. The number of hydrogen-bond donors (Lipinski definition) is 1. The quantitative estimate of drug-likeness (QED) is 0.905. The molecule has 0 aliphatic carbocycles. The Balaban J connectivity index is 2.40. The molecule has 1 amide bonds. The number of aliphatic hydroxyl groups is 1. The van der Waals surface area contributed by atoms with Gasteiger partial charge in [0.1, 0.15) is 0 Å². The number of halogens is 3. The van der Waals surface area contributed by atoms with Crippen LogP contribution in [-0.2, 0) is 4.74 Å². The highest BCUT2D eigenvalue weighted by atomic mass is 19.4. The van der Waals surface area contributed by atoms with E-state index >= 15 is 0 Å². The van der Waals surface area contributed by atoms with Crippen molar-refractivity contribution in [1.82, 2.24) is 9.99 Å². The number of aromatic nitrogens is 1. The van der Waals surface area contributed by atoms with Gasteiger partial charge < -0.3 is 9.84 Å². The molecule has 2 rings (SSSR count). The van der Waals surface area contributed by atoms with Gasteiger partial charge >= 0.3 is 12.3 Å². The summed E-state index contributed by atoms with van der Waals surface area (Å²) in [5, 5.41) is 13.4. The van der Waals surface area contributed by atoms with Crippen LogP contribution < -0.4 is 0 Å². The first-order valence-corrected chi connectivity index (χ1v) is 6.03. The van der Waals surface area contributed by atoms with Crippen LogP contribution >= 0.6 is 0 Å². The molecule has 0 spiro atoms. The molecular weight excluding hydrogens is 291 g/mol. The fourth-order valence-corrected chi connectivity index (χ4v) is 1.84. The fourth-order valence-electron chi connectivity index (χ4n) is 1.84. The average Bonchev–Trinajstić information content (AvgIpc) is 2.79. The van der Waals surface area contributed by atoms with Crippen molar-refractivity contribution >= 4 is 11.8 Å². The molecule has 0 saturated heterocycles. The summed E-state index contributed by atoms with van der Waals surface area (Å²) in [5.41, 5.74) is -3.24. The number of carbonyl (C=O) groups is 1. The third-order valence-corrected chi connectivity index (χ3v) is 2.87. The number of hydrogen-bond acceptors (Lipinski definition) is 5. The molecule has 1 aromatic heterocycles. The normalized spacial score (nSPS) is 22.1. The minimum Gasteiger partial charge on any atom is -0.448 e. The van der Waals surface area contributed by atoms with Crippen molar-refractivity contribution in [2.45, 2.75) is 25.2 Å². The highest BCUT2D eigenvalue weighted by Crippen LogP contribution is 2.41. The number of nitrogens with zero attached hydrogens (tertiary/aromatic N) is 3. The maximum atomic E-state index is 13.1. The number of ether oxygens (including phenoxy) is 1. The molecule has 1 aliphatic rings. The molecule has 9 heteroatoms. The minimum absolute atomic E-state index is 0.0706. The van der Waals surface area contributed by atoms with Crippen LogP contribution in [0.15, 0.2) is 29.6 Å². The average molecular weight is 303 g/mol. The first-order valence-electron chi connectivity index (χ1n) is 6.03. The lowest BCUT2D eigenvalue weighted by atomic mass is 10.0. The molecule has 114 valence electrons. The van der Waals surface area contributed by atoms with Crippen LogP contribution in [0.1, 0.15) is 18.9 Å². The second kappa shape index (κ2) is 5.32. The maximum absolute atomic E-state index is 13.1. The van der Waals surface area contributed by atoms with Crippen LogP contribution in [0, 0.1) is 0 Å². The number of hydrazone groups is 1. The molecule has 1 aromatic rings. The zero-order valence-electron chi connectivity index (χ0n) is 11.0. The van der Waals surface area contributed by atoms with E-state index in [2.05, 4.69) is 14.8 Å². The van der Waals surface area contributed by atoms with Gasteiger partial charge in [0.15, 0.2) is 0 Å². The van der Waals surface area contributed by atoms with E-state index < -0.39 is 24.4 Å². The smallest absolute Gasteiger partial charge is 0.439 e. The number of pyridine rings is 1. The van der Waals surface area contributed by atoms with Gasteiger partial charge in [-0.2, -0.15) is 23.3 Å². The van der Waals surface area contributed by atoms with Gasteiger partial charge in [-0.05, 0) is 13.0 Å². The monoisotopic (exact) mass is 303 g/mol. The van der Waals surface area contributed by atoms with Crippen LogP contribution in [-0.4, -0.2) is 45.4 Å². The summed E-state index contributed by atoms with van der Waals surface area (Å²) in [5.74, 6) is 0. The SMILES string of the molecule is CCOC(=O)N1N=C(c2cccnc2)CC1(O)C(F)(F)F. The number of amides is 1. The van der Waals surface area contributed by atoms with E-state index in [4.69, 9.17) is 0 Å². The number of alkyl halides is 3. The molecule has 0 fully saturated rings. The molecular formula is C12H12F3N3O3. The molecule has 1 N–H and O–H groups in total. The zero-order valence-corrected chi connectivity index (χ0v) is 11.0. The fraction of sp³-hybridized carbons (Fsp3) is 0.417. The molecule has 0 saturated carbocycles. The lowest BCUT2D eigenvalue weighted by molar-refractivity contribution is -0.299. The van der Waals surface area contributed by atoms with Crippen molar-refractivity contribution in [1.29, 1.82) is 0 Å². The van der Waals surface area contributed by atoms with Gasteiger partial charge in [0.05, 0.1) is 18.7 Å². The van der Waals surface area contributed by atoms with Gasteiger partial charge in [-0.15, -0.1) is 0 Å². The van der Waals surface area contributed by atoms with Gasteiger partial charge in [0.2, 0.25) is 0 Å². The lowest BCUT2D eigenvalue weighted by Crippen LogP contribution is -2.56. The molecule has 0 aromatic carbocycles. The Morgan fingerprint density at radius 2 is 2.29 bits per heavy atom. The Bertz CT molecular complexity index is 562. The zero-order chi connectivity index (χ0) is 15.7. The van der Waals surface area contributed by atoms with Crippen LogP contribution in [0.4, 0.5) is 18.0 Å². The van der Waals surface area contributed by atoms with E-state index in [9.17, 15) is 23.1 Å². The molecule has 21 heavy (non-hydrogen) atoms. The first kappa shape index (κ1) is 15.2. The van der Waals surface area contributed by atoms with Crippen molar-refractivity contribution < 1.29 is 27.8 Å². The first-order chi connectivity index (χ1) is 9.79. The summed E-state index contributed by atoms with van der Waals surface area (Å²) in [4.78, 5) is 15.4. The van der Waals surface area contributed by atoms with Crippen LogP contribution in [0.25, 0.3) is 0 Å². The Kier molecular flexibility index (Phi) is 3.86. The predicted octanol–water partition coefficient (Wildman–Crippen LogP) is 1.90. The summed E-state index contributed by atoms with van der Waals surface area (Å²) in [6, 6.07) is 2.99. The molecule has 0 radical (unpaired) electrons. The predicted molar refractivity (Wildman–Crippen MR) is 65.3 cm³/mol. The molecule has 6 nitrogen and oxygen atoms in total. The Morgan fingerprint density at radius 3 is 2.81 bits per heavy atom. The lowest BCUT2D eigenvalue weighted by Gasteiger charge is -2.31. The van der Waals surface area contributed by atoms with Gasteiger partial charge in [-0.1, -0.05) is 6.07 Å². The van der Waals surface area contributed by atoms with Crippen molar-refractivity contribution in [3.05, 3.63) is 30.1 Å². The van der Waals surface area contributed by atoms with Crippen molar-refractivity contribution in [3.63, 3.8) is 0 Å². The highest BCUT2D eigenvalue weighted by Gasteiger charge is 2.64. The Labute approximate surface area is 117 Å². The Hall–Kier alpha value is -2.16. The molecule has 0 bridgehead atoms. The maximum Gasteiger partial charge on any atom is 0.439 e. The largest absolute Gasteiger partial charge is 0.448 e. The summed E-state index contributed by atoms with van der Waals surface area (Å²) in [6.07, 6.45) is -4.59. The number of rotatable bonds is 2. The molecule has 1 atom stereocenters. The van der Waals surface area contributed by atoms with Crippen molar-refractivity contribution in [3.8, 4) is 0 Å². The summed E-state index contributed by atoms with van der Waals surface area (Å²) >= 11 is 0. The van der Waals surface area contributed by atoms with E-state index in [1.807, 2.05) is 0 Å². The van der Waals surface area contributed by atoms with Crippen LogP contribution in [0.3, 0.4) is 0 Å². The highest BCUT2D eigenvalue weighted by molar-refractivity contribution is 6.03. The van der Waals surface area contributed by atoms with Gasteiger partial charge in [0.25, 0.3) is 5.72 Å². The second-order valence-corrected chi connectivity index (χ2v) is 4.29. The van der Waals surface area contributed by atoms with Gasteiger partial charge in [-0.25, -0.2) is 4.79 Å². The summed E-state index contributed by atoms with van der Waals surface area (Å²) < 4.78 is 43.8. The second-order valence-electron chi connectivity index (χ2n) is 4.29. The minimum atomic E-state index is -5.08. The third kappa shape index (κ3) is 2.68. The van der Waals surface area contributed by atoms with E-state index in [1.54, 1.807) is 0 Å². The van der Waals surface area contributed by atoms with E-state index in [0.717, 1.165) is 0 Å².